The Kier molecular flexibility index (Phi) is 4.66. The molecule has 0 saturated carbocycles. The molecule has 4 rings (SSSR count). The van der Waals surface area contributed by atoms with Crippen molar-refractivity contribution in [3.8, 4) is 0 Å². The molecule has 0 bridgehead atoms. The van der Waals surface area contributed by atoms with Crippen molar-refractivity contribution >= 4 is 16.8 Å². The van der Waals surface area contributed by atoms with E-state index in [1.165, 1.54) is 5.56 Å². The molecule has 0 spiro atoms. The molecule has 138 valence electrons. The van der Waals surface area contributed by atoms with Crippen LogP contribution in [-0.4, -0.2) is 47.4 Å². The highest BCUT2D eigenvalue weighted by molar-refractivity contribution is 6.07. The largest absolute Gasteiger partial charge is 0.329 e. The fourth-order valence-electron chi connectivity index (χ4n) is 3.97. The molecule has 1 saturated heterocycles. The van der Waals surface area contributed by atoms with E-state index in [1.807, 2.05) is 61.2 Å². The van der Waals surface area contributed by atoms with Gasteiger partial charge in [-0.3, -0.25) is 9.78 Å². The minimum atomic E-state index is 0.0609. The summed E-state index contributed by atoms with van der Waals surface area (Å²) in [7, 11) is 2.12. The molecule has 4 nitrogen and oxygen atoms in total. The van der Waals surface area contributed by atoms with Gasteiger partial charge in [0.1, 0.15) is 0 Å². The Balaban J connectivity index is 1.79. The number of aryl methyl sites for hydroxylation is 2. The number of nitrogens with zero attached hydrogens (tertiary/aromatic N) is 3. The topological polar surface area (TPSA) is 36.4 Å². The van der Waals surface area contributed by atoms with Crippen LogP contribution in [0.4, 0.5) is 0 Å². The van der Waals surface area contributed by atoms with Crippen molar-refractivity contribution in [1.29, 1.82) is 0 Å². The van der Waals surface area contributed by atoms with Gasteiger partial charge in [-0.1, -0.05) is 48.5 Å². The van der Waals surface area contributed by atoms with Crippen molar-refractivity contribution in [2.75, 3.05) is 26.7 Å². The Morgan fingerprint density at radius 2 is 1.81 bits per heavy atom. The second kappa shape index (κ2) is 7.12. The van der Waals surface area contributed by atoms with Crippen LogP contribution < -0.4 is 0 Å². The minimum Gasteiger partial charge on any atom is -0.329 e. The Morgan fingerprint density at radius 1 is 1.04 bits per heavy atom. The fourth-order valence-corrected chi connectivity index (χ4v) is 3.97. The Labute approximate surface area is 160 Å². The van der Waals surface area contributed by atoms with E-state index in [1.54, 1.807) is 0 Å². The Bertz CT molecular complexity index is 984. The van der Waals surface area contributed by atoms with E-state index in [2.05, 4.69) is 29.1 Å². The van der Waals surface area contributed by atoms with Crippen molar-refractivity contribution in [2.45, 2.75) is 19.9 Å². The normalized spacial score (nSPS) is 18.0. The van der Waals surface area contributed by atoms with Gasteiger partial charge in [0.25, 0.3) is 5.91 Å². The number of pyridine rings is 1. The molecule has 0 aliphatic carbocycles. The zero-order chi connectivity index (χ0) is 19.0. The molecule has 1 atom stereocenters. The molecule has 0 radical (unpaired) electrons. The number of piperazine rings is 1. The summed E-state index contributed by atoms with van der Waals surface area (Å²) < 4.78 is 0. The van der Waals surface area contributed by atoms with Gasteiger partial charge < -0.3 is 9.80 Å². The summed E-state index contributed by atoms with van der Waals surface area (Å²) >= 11 is 0. The van der Waals surface area contributed by atoms with E-state index in [4.69, 9.17) is 0 Å². The molecule has 2 aromatic carbocycles. The van der Waals surface area contributed by atoms with Crippen LogP contribution >= 0.6 is 0 Å². The predicted octanol–water partition coefficient (Wildman–Crippen LogP) is 3.98. The van der Waals surface area contributed by atoms with Crippen LogP contribution in [0.15, 0.2) is 54.6 Å². The maximum Gasteiger partial charge on any atom is 0.255 e. The van der Waals surface area contributed by atoms with E-state index < -0.39 is 0 Å². The zero-order valence-electron chi connectivity index (χ0n) is 16.1. The molecule has 2 heterocycles. The van der Waals surface area contributed by atoms with E-state index in [9.17, 15) is 4.79 Å². The highest BCUT2D eigenvalue weighted by atomic mass is 16.2. The summed E-state index contributed by atoms with van der Waals surface area (Å²) in [4.78, 5) is 22.6. The van der Waals surface area contributed by atoms with E-state index in [0.717, 1.165) is 47.4 Å². The van der Waals surface area contributed by atoms with E-state index in [-0.39, 0.29) is 11.9 Å². The number of benzene rings is 2. The average molecular weight is 359 g/mol. The van der Waals surface area contributed by atoms with Gasteiger partial charge in [0, 0.05) is 30.7 Å². The molecule has 1 aliphatic rings. The number of rotatable bonds is 2. The Hall–Kier alpha value is -2.72. The number of para-hydroxylation sites is 1. The first-order chi connectivity index (χ1) is 13.0. The molecule has 1 fully saturated rings. The lowest BCUT2D eigenvalue weighted by Gasteiger charge is -2.40. The highest BCUT2D eigenvalue weighted by Crippen LogP contribution is 2.29. The van der Waals surface area contributed by atoms with Gasteiger partial charge in [0.05, 0.1) is 17.1 Å². The molecular weight excluding hydrogens is 334 g/mol. The standard InChI is InChI=1S/C23H25N3O/c1-16-8-7-11-19-20(14-17(2)24-22(16)19)23(27)26-13-12-25(3)15-21(26)18-9-5-4-6-10-18/h4-11,14,21H,12-13,15H2,1-3H3/t21-/m0/s1. The van der Waals surface area contributed by atoms with Gasteiger partial charge >= 0.3 is 0 Å². The number of hydrogen-bond acceptors (Lipinski definition) is 3. The molecule has 1 aromatic heterocycles. The SMILES string of the molecule is Cc1cc(C(=O)N2CCN(C)C[C@H]2c2ccccc2)c2cccc(C)c2n1. The minimum absolute atomic E-state index is 0.0609. The number of amides is 1. The van der Waals surface area contributed by atoms with Gasteiger partial charge in [-0.25, -0.2) is 0 Å². The van der Waals surface area contributed by atoms with Crippen molar-refractivity contribution < 1.29 is 4.79 Å². The summed E-state index contributed by atoms with van der Waals surface area (Å²) in [6.07, 6.45) is 0. The molecule has 4 heteroatoms. The van der Waals surface area contributed by atoms with Crippen LogP contribution in [0, 0.1) is 13.8 Å². The lowest BCUT2D eigenvalue weighted by molar-refractivity contribution is 0.0500. The molecule has 0 unspecified atom stereocenters. The third-order valence-corrected chi connectivity index (χ3v) is 5.43. The molecule has 27 heavy (non-hydrogen) atoms. The summed E-state index contributed by atoms with van der Waals surface area (Å²) in [6.45, 7) is 6.46. The molecule has 1 aliphatic heterocycles. The van der Waals surface area contributed by atoms with Crippen LogP contribution in [-0.2, 0) is 0 Å². The van der Waals surface area contributed by atoms with Crippen LogP contribution in [0.5, 0.6) is 0 Å². The van der Waals surface area contributed by atoms with Crippen LogP contribution in [0.2, 0.25) is 0 Å². The van der Waals surface area contributed by atoms with Gasteiger partial charge in [-0.2, -0.15) is 0 Å². The number of carbonyl (C=O) groups excluding carboxylic acids is 1. The van der Waals surface area contributed by atoms with Gasteiger partial charge in [0.15, 0.2) is 0 Å². The van der Waals surface area contributed by atoms with E-state index >= 15 is 0 Å². The molecule has 1 amide bonds. The average Bonchev–Trinajstić information content (AvgIpc) is 2.68. The Morgan fingerprint density at radius 3 is 2.59 bits per heavy atom. The van der Waals surface area contributed by atoms with Crippen molar-refractivity contribution in [3.63, 3.8) is 0 Å². The quantitative estimate of drug-likeness (QED) is 0.694. The maximum absolute atomic E-state index is 13.6. The summed E-state index contributed by atoms with van der Waals surface area (Å²) in [6, 6.07) is 18.4. The molecule has 0 N–H and O–H groups in total. The van der Waals surface area contributed by atoms with Crippen molar-refractivity contribution in [1.82, 2.24) is 14.8 Å². The number of fused-ring (bicyclic) bond motifs is 1. The summed E-state index contributed by atoms with van der Waals surface area (Å²) in [5.74, 6) is 0.0954. The van der Waals surface area contributed by atoms with E-state index in [0.29, 0.717) is 0 Å². The first-order valence-electron chi connectivity index (χ1n) is 9.46. The predicted molar refractivity (Wildman–Crippen MR) is 109 cm³/mol. The van der Waals surface area contributed by atoms with Crippen LogP contribution in [0.25, 0.3) is 10.9 Å². The maximum atomic E-state index is 13.6. The van der Waals surface area contributed by atoms with Gasteiger partial charge in [-0.05, 0) is 38.1 Å². The van der Waals surface area contributed by atoms with Crippen molar-refractivity contribution in [3.05, 3.63) is 77.0 Å². The first-order valence-corrected chi connectivity index (χ1v) is 9.46. The third-order valence-electron chi connectivity index (χ3n) is 5.43. The van der Waals surface area contributed by atoms with Crippen molar-refractivity contribution in [2.24, 2.45) is 0 Å². The fraction of sp³-hybridized carbons (Fsp3) is 0.304. The second-order valence-electron chi connectivity index (χ2n) is 7.47. The number of likely N-dealkylation sites (N-methyl/N-ethyl adjacent to an activating group) is 1. The third kappa shape index (κ3) is 3.33. The highest BCUT2D eigenvalue weighted by Gasteiger charge is 2.31. The molecular formula is C23H25N3O. The first kappa shape index (κ1) is 17.7. The van der Waals surface area contributed by atoms with Crippen LogP contribution in [0.1, 0.15) is 33.2 Å². The summed E-state index contributed by atoms with van der Waals surface area (Å²) in [5, 5.41) is 0.941. The van der Waals surface area contributed by atoms with Crippen LogP contribution in [0.3, 0.4) is 0 Å². The number of carbonyl (C=O) groups is 1. The smallest absolute Gasteiger partial charge is 0.255 e. The number of aromatic nitrogens is 1. The number of hydrogen-bond donors (Lipinski definition) is 0. The zero-order valence-corrected chi connectivity index (χ0v) is 16.1. The lowest BCUT2D eigenvalue weighted by Crippen LogP contribution is -2.49. The lowest BCUT2D eigenvalue weighted by atomic mass is 9.99. The molecule has 3 aromatic rings. The van der Waals surface area contributed by atoms with Gasteiger partial charge in [-0.15, -0.1) is 0 Å². The second-order valence-corrected chi connectivity index (χ2v) is 7.47. The summed E-state index contributed by atoms with van der Waals surface area (Å²) in [5.41, 5.74) is 4.84. The van der Waals surface area contributed by atoms with Gasteiger partial charge in [0.2, 0.25) is 0 Å². The monoisotopic (exact) mass is 359 g/mol.